The van der Waals surface area contributed by atoms with Crippen LogP contribution in [0.5, 0.6) is 0 Å². The van der Waals surface area contributed by atoms with Crippen LogP contribution in [0.1, 0.15) is 59.3 Å². The van der Waals surface area contributed by atoms with Crippen molar-refractivity contribution < 1.29 is 14.6 Å². The van der Waals surface area contributed by atoms with Crippen LogP contribution >= 0.6 is 35.3 Å². The molecule has 0 aromatic heterocycles. The van der Waals surface area contributed by atoms with Crippen molar-refractivity contribution in [2.24, 2.45) is 5.92 Å². The largest absolute Gasteiger partial charge is 0.444 e. The third kappa shape index (κ3) is 7.43. The molecule has 0 unspecified atom stereocenters. The molecule has 7 heteroatoms. The van der Waals surface area contributed by atoms with Gasteiger partial charge in [0.15, 0.2) is 0 Å². The van der Waals surface area contributed by atoms with E-state index in [0.29, 0.717) is 5.92 Å². The molecule has 0 aromatic carbocycles. The van der Waals surface area contributed by atoms with Gasteiger partial charge in [-0.05, 0) is 51.9 Å². The molecule has 1 aliphatic rings. The average Bonchev–Trinajstić information content (AvgIpc) is 2.55. The molecule has 1 saturated carbocycles. The van der Waals surface area contributed by atoms with E-state index < -0.39 is 21.2 Å². The van der Waals surface area contributed by atoms with E-state index in [0.717, 1.165) is 6.42 Å². The van der Waals surface area contributed by atoms with Gasteiger partial charge < -0.3 is 15.2 Å². The highest BCUT2D eigenvalue weighted by molar-refractivity contribution is 8.33. The van der Waals surface area contributed by atoms with Crippen LogP contribution in [0.15, 0.2) is 0 Å². The summed E-state index contributed by atoms with van der Waals surface area (Å²) >= 11 is 4.92. The zero-order valence-electron chi connectivity index (χ0n) is 16.5. The topological polar surface area (TPSA) is 58.6 Å². The number of aliphatic hydroxyl groups is 1. The van der Waals surface area contributed by atoms with E-state index in [1.165, 1.54) is 32.1 Å². The van der Waals surface area contributed by atoms with E-state index in [-0.39, 0.29) is 6.04 Å². The fourth-order valence-electron chi connectivity index (χ4n) is 3.37. The first-order valence-corrected chi connectivity index (χ1v) is 12.7. The summed E-state index contributed by atoms with van der Waals surface area (Å²) in [5.41, 5.74) is -0.542. The number of thioether (sulfide) groups is 3. The van der Waals surface area contributed by atoms with Crippen molar-refractivity contribution in [3.05, 3.63) is 0 Å². The molecule has 0 heterocycles. The van der Waals surface area contributed by atoms with Crippen molar-refractivity contribution in [3.63, 3.8) is 0 Å². The standard InChI is InChI=1S/C18H35NO3S3/c1-17(2,3)22-16(21)19-14(12-13-10-8-7-9-11-13)15(20)18(23-4,24-5)25-6/h13-15,20H,7-12H2,1-6H3,(H,19,21)/t14-,15+/m0/s1. The van der Waals surface area contributed by atoms with Crippen LogP contribution in [-0.4, -0.2) is 51.1 Å². The smallest absolute Gasteiger partial charge is 0.407 e. The number of carbonyl (C=O) groups is 1. The second-order valence-corrected chi connectivity index (χ2v) is 11.6. The molecule has 2 atom stereocenters. The monoisotopic (exact) mass is 409 g/mol. The number of hydrogen-bond donors (Lipinski definition) is 2. The molecule has 1 aliphatic carbocycles. The van der Waals surface area contributed by atoms with E-state index >= 15 is 0 Å². The van der Waals surface area contributed by atoms with Crippen molar-refractivity contribution in [2.45, 2.75) is 80.5 Å². The first-order valence-electron chi connectivity index (χ1n) is 9.00. The van der Waals surface area contributed by atoms with Crippen LogP contribution < -0.4 is 5.32 Å². The summed E-state index contributed by atoms with van der Waals surface area (Å²) < 4.78 is 5.05. The Labute approximate surface area is 166 Å². The van der Waals surface area contributed by atoms with E-state index in [1.807, 2.05) is 39.5 Å². The molecule has 148 valence electrons. The Morgan fingerprint density at radius 2 is 1.64 bits per heavy atom. The van der Waals surface area contributed by atoms with Gasteiger partial charge in [0.2, 0.25) is 0 Å². The quantitative estimate of drug-likeness (QED) is 0.553. The zero-order chi connectivity index (χ0) is 19.1. The highest BCUT2D eigenvalue weighted by Crippen LogP contribution is 2.47. The van der Waals surface area contributed by atoms with Crippen molar-refractivity contribution in [2.75, 3.05) is 18.8 Å². The maximum atomic E-state index is 12.3. The van der Waals surface area contributed by atoms with Gasteiger partial charge in [-0.1, -0.05) is 32.1 Å². The summed E-state index contributed by atoms with van der Waals surface area (Å²) in [5, 5.41) is 14.1. The molecule has 0 radical (unpaired) electrons. The Morgan fingerprint density at radius 1 is 1.12 bits per heavy atom. The Morgan fingerprint density at radius 3 is 2.08 bits per heavy atom. The lowest BCUT2D eigenvalue weighted by Gasteiger charge is -2.39. The molecule has 0 aromatic rings. The first-order chi connectivity index (χ1) is 11.7. The molecule has 1 rings (SSSR count). The fraction of sp³-hybridized carbons (Fsp3) is 0.944. The molecule has 0 bridgehead atoms. The van der Waals surface area contributed by atoms with E-state index in [4.69, 9.17) is 4.74 Å². The normalized spacial score (nSPS) is 19.3. The second-order valence-electron chi connectivity index (χ2n) is 7.65. The van der Waals surface area contributed by atoms with Crippen LogP contribution in [0.3, 0.4) is 0 Å². The third-order valence-electron chi connectivity index (χ3n) is 4.61. The van der Waals surface area contributed by atoms with Gasteiger partial charge in [-0.15, -0.1) is 35.3 Å². The number of carbonyl (C=O) groups excluding carboxylic acids is 1. The van der Waals surface area contributed by atoms with Gasteiger partial charge in [-0.3, -0.25) is 0 Å². The number of hydrogen-bond acceptors (Lipinski definition) is 6. The van der Waals surface area contributed by atoms with Crippen molar-refractivity contribution in [1.82, 2.24) is 5.32 Å². The molecule has 2 N–H and O–H groups in total. The lowest BCUT2D eigenvalue weighted by atomic mass is 9.84. The highest BCUT2D eigenvalue weighted by atomic mass is 32.3. The summed E-state index contributed by atoms with van der Waals surface area (Å²) in [6.07, 6.45) is 11.9. The maximum absolute atomic E-state index is 12.3. The van der Waals surface area contributed by atoms with Gasteiger partial charge in [-0.25, -0.2) is 4.79 Å². The summed E-state index contributed by atoms with van der Waals surface area (Å²) in [7, 11) is 0. The Hall–Kier alpha value is 0.280. The minimum atomic E-state index is -0.651. The minimum absolute atomic E-state index is 0.301. The third-order valence-corrected chi connectivity index (χ3v) is 10.0. The second kappa shape index (κ2) is 10.6. The van der Waals surface area contributed by atoms with E-state index in [2.05, 4.69) is 5.32 Å². The number of alkyl carbamates (subject to hydrolysis) is 1. The first kappa shape index (κ1) is 23.3. The number of nitrogens with one attached hydrogen (secondary N) is 1. The number of rotatable bonds is 8. The summed E-state index contributed by atoms with van der Waals surface area (Å²) in [6, 6.07) is -0.301. The molecule has 0 saturated heterocycles. The van der Waals surface area contributed by atoms with Crippen LogP contribution in [-0.2, 0) is 4.74 Å². The van der Waals surface area contributed by atoms with Crippen molar-refractivity contribution in [3.8, 4) is 0 Å². The van der Waals surface area contributed by atoms with Crippen molar-refractivity contribution >= 4 is 41.4 Å². The van der Waals surface area contributed by atoms with Gasteiger partial charge in [-0.2, -0.15) is 0 Å². The van der Waals surface area contributed by atoms with Gasteiger partial charge in [0, 0.05) is 0 Å². The molecule has 0 spiro atoms. The fourth-order valence-corrected chi connectivity index (χ4v) is 6.58. The lowest BCUT2D eigenvalue weighted by Crippen LogP contribution is -2.52. The molecule has 4 nitrogen and oxygen atoms in total. The van der Waals surface area contributed by atoms with Gasteiger partial charge in [0.1, 0.15) is 15.1 Å². The Kier molecular flexibility index (Phi) is 9.86. The highest BCUT2D eigenvalue weighted by Gasteiger charge is 2.42. The molecular weight excluding hydrogens is 374 g/mol. The summed E-state index contributed by atoms with van der Waals surface area (Å²) in [4.78, 5) is 12.3. The van der Waals surface area contributed by atoms with Gasteiger partial charge in [0.25, 0.3) is 0 Å². The lowest BCUT2D eigenvalue weighted by molar-refractivity contribution is 0.0402. The number of aliphatic hydroxyl groups excluding tert-OH is 1. The van der Waals surface area contributed by atoms with Crippen LogP contribution in [0.25, 0.3) is 0 Å². The Bertz CT molecular complexity index is 397. The molecule has 1 amide bonds. The molecule has 1 fully saturated rings. The van der Waals surface area contributed by atoms with Gasteiger partial charge in [0.05, 0.1) is 6.04 Å². The molecule has 0 aliphatic heterocycles. The van der Waals surface area contributed by atoms with Gasteiger partial charge >= 0.3 is 6.09 Å². The number of ether oxygens (including phenoxy) is 1. The van der Waals surface area contributed by atoms with Crippen LogP contribution in [0.2, 0.25) is 0 Å². The number of amides is 1. The predicted molar refractivity (Wildman–Crippen MR) is 114 cm³/mol. The zero-order valence-corrected chi connectivity index (χ0v) is 18.9. The summed E-state index contributed by atoms with van der Waals surface area (Å²) in [5.74, 6) is 0.562. The average molecular weight is 410 g/mol. The maximum Gasteiger partial charge on any atom is 0.407 e. The minimum Gasteiger partial charge on any atom is -0.444 e. The van der Waals surface area contributed by atoms with E-state index in [1.54, 1.807) is 35.3 Å². The predicted octanol–water partition coefficient (Wildman–Crippen LogP) is 4.95. The SMILES string of the molecule is CSC(SC)(SC)[C@H](O)[C@H](CC1CCCCC1)NC(=O)OC(C)(C)C. The van der Waals surface area contributed by atoms with Crippen LogP contribution in [0.4, 0.5) is 4.79 Å². The Balaban J connectivity index is 2.90. The molecule has 25 heavy (non-hydrogen) atoms. The molecular formula is C18H35NO3S3. The van der Waals surface area contributed by atoms with Crippen LogP contribution in [0, 0.1) is 5.92 Å². The van der Waals surface area contributed by atoms with E-state index in [9.17, 15) is 9.90 Å². The summed E-state index contributed by atoms with van der Waals surface area (Å²) in [6.45, 7) is 5.57. The van der Waals surface area contributed by atoms with Crippen molar-refractivity contribution in [1.29, 1.82) is 0 Å².